The van der Waals surface area contributed by atoms with Gasteiger partial charge in [-0.25, -0.2) is 0 Å². The lowest BCUT2D eigenvalue weighted by Crippen LogP contribution is -2.24. The minimum absolute atomic E-state index is 0.0416. The molecule has 2 rings (SSSR count). The zero-order valence-corrected chi connectivity index (χ0v) is 14.1. The minimum atomic E-state index is -0.0416. The molecule has 0 fully saturated rings. The Balaban J connectivity index is 1.80. The molecule has 0 saturated heterocycles. The summed E-state index contributed by atoms with van der Waals surface area (Å²) in [4.78, 5) is 12.0. The summed E-state index contributed by atoms with van der Waals surface area (Å²) in [5.74, 6) is -0.0416. The molecule has 1 amide bonds. The summed E-state index contributed by atoms with van der Waals surface area (Å²) in [6, 6.07) is 15.8. The SMILES string of the molecule is O=C(NCCCc1ccccc1)c1cc(Br)cc(Br)c1. The molecule has 104 valence electrons. The first-order chi connectivity index (χ1) is 9.65. The summed E-state index contributed by atoms with van der Waals surface area (Å²) in [7, 11) is 0. The van der Waals surface area contributed by atoms with Gasteiger partial charge in [0.2, 0.25) is 0 Å². The fourth-order valence-electron chi connectivity index (χ4n) is 1.93. The second kappa shape index (κ2) is 7.60. The highest BCUT2D eigenvalue weighted by atomic mass is 79.9. The Hall–Kier alpha value is -1.13. The number of benzene rings is 2. The lowest BCUT2D eigenvalue weighted by Gasteiger charge is -2.06. The predicted octanol–water partition coefficient (Wildman–Crippen LogP) is 4.57. The van der Waals surface area contributed by atoms with Crippen LogP contribution in [-0.2, 0) is 6.42 Å². The molecule has 2 aromatic carbocycles. The fraction of sp³-hybridized carbons (Fsp3) is 0.188. The van der Waals surface area contributed by atoms with Crippen molar-refractivity contribution in [2.45, 2.75) is 12.8 Å². The van der Waals surface area contributed by atoms with Gasteiger partial charge in [-0.15, -0.1) is 0 Å². The normalized spacial score (nSPS) is 10.3. The highest BCUT2D eigenvalue weighted by Gasteiger charge is 2.06. The molecule has 0 saturated carbocycles. The van der Waals surface area contributed by atoms with Crippen LogP contribution in [0.4, 0.5) is 0 Å². The molecule has 1 N–H and O–H groups in total. The molecule has 0 bridgehead atoms. The van der Waals surface area contributed by atoms with E-state index in [1.165, 1.54) is 5.56 Å². The molecule has 0 spiro atoms. The molecule has 0 aliphatic heterocycles. The summed E-state index contributed by atoms with van der Waals surface area (Å²) < 4.78 is 1.78. The monoisotopic (exact) mass is 395 g/mol. The van der Waals surface area contributed by atoms with Crippen LogP contribution in [0.3, 0.4) is 0 Å². The summed E-state index contributed by atoms with van der Waals surface area (Å²) >= 11 is 6.77. The topological polar surface area (TPSA) is 29.1 Å². The molecule has 0 aromatic heterocycles. The largest absolute Gasteiger partial charge is 0.352 e. The average molecular weight is 397 g/mol. The van der Waals surface area contributed by atoms with Gasteiger partial charge in [0.25, 0.3) is 5.91 Å². The van der Waals surface area contributed by atoms with Crippen LogP contribution in [0, 0.1) is 0 Å². The third kappa shape index (κ3) is 4.76. The Morgan fingerprint density at radius 3 is 2.30 bits per heavy atom. The number of amides is 1. The quantitative estimate of drug-likeness (QED) is 0.736. The lowest BCUT2D eigenvalue weighted by molar-refractivity contribution is 0.0953. The Bertz CT molecular complexity index is 564. The maximum atomic E-state index is 12.0. The van der Waals surface area contributed by atoms with Crippen molar-refractivity contribution >= 4 is 37.8 Å². The van der Waals surface area contributed by atoms with E-state index < -0.39 is 0 Å². The first-order valence-corrected chi connectivity index (χ1v) is 8.02. The molecule has 0 radical (unpaired) electrons. The van der Waals surface area contributed by atoms with Gasteiger partial charge in [-0.1, -0.05) is 62.2 Å². The van der Waals surface area contributed by atoms with Crippen LogP contribution in [-0.4, -0.2) is 12.5 Å². The Labute approximate surface area is 135 Å². The van der Waals surface area contributed by atoms with Gasteiger partial charge in [0.1, 0.15) is 0 Å². The van der Waals surface area contributed by atoms with Gasteiger partial charge in [-0.2, -0.15) is 0 Å². The van der Waals surface area contributed by atoms with Crippen LogP contribution in [0.25, 0.3) is 0 Å². The minimum Gasteiger partial charge on any atom is -0.352 e. The van der Waals surface area contributed by atoms with E-state index in [-0.39, 0.29) is 5.91 Å². The van der Waals surface area contributed by atoms with Crippen LogP contribution in [0.15, 0.2) is 57.5 Å². The molecule has 20 heavy (non-hydrogen) atoms. The average Bonchev–Trinajstić information content (AvgIpc) is 2.43. The van der Waals surface area contributed by atoms with Crippen molar-refractivity contribution in [3.05, 3.63) is 68.6 Å². The summed E-state index contributed by atoms with van der Waals surface area (Å²) in [6.07, 6.45) is 1.91. The number of hydrogen-bond donors (Lipinski definition) is 1. The maximum absolute atomic E-state index is 12.0. The van der Waals surface area contributed by atoms with Crippen LogP contribution in [0.1, 0.15) is 22.3 Å². The van der Waals surface area contributed by atoms with E-state index in [0.717, 1.165) is 21.8 Å². The van der Waals surface area contributed by atoms with E-state index >= 15 is 0 Å². The summed E-state index contributed by atoms with van der Waals surface area (Å²) in [5, 5.41) is 2.94. The summed E-state index contributed by atoms with van der Waals surface area (Å²) in [5.41, 5.74) is 1.96. The van der Waals surface area contributed by atoms with Crippen LogP contribution in [0.2, 0.25) is 0 Å². The number of nitrogens with one attached hydrogen (secondary N) is 1. The first-order valence-electron chi connectivity index (χ1n) is 6.43. The zero-order valence-electron chi connectivity index (χ0n) is 10.9. The zero-order chi connectivity index (χ0) is 14.4. The Morgan fingerprint density at radius 2 is 1.65 bits per heavy atom. The molecular formula is C16H15Br2NO. The van der Waals surface area contributed by atoms with Gasteiger partial charge in [0.05, 0.1) is 0 Å². The van der Waals surface area contributed by atoms with E-state index in [1.807, 2.05) is 36.4 Å². The number of rotatable bonds is 5. The van der Waals surface area contributed by atoms with E-state index in [1.54, 1.807) is 0 Å². The van der Waals surface area contributed by atoms with E-state index in [4.69, 9.17) is 0 Å². The van der Waals surface area contributed by atoms with E-state index in [0.29, 0.717) is 12.1 Å². The Morgan fingerprint density at radius 1 is 1.00 bits per heavy atom. The molecule has 0 aliphatic carbocycles. The third-order valence-electron chi connectivity index (χ3n) is 2.90. The molecule has 2 nitrogen and oxygen atoms in total. The number of halogens is 2. The fourth-order valence-corrected chi connectivity index (χ4v) is 3.22. The molecule has 0 atom stereocenters. The number of carbonyl (C=O) groups is 1. The van der Waals surface area contributed by atoms with Crippen molar-refractivity contribution in [1.29, 1.82) is 0 Å². The van der Waals surface area contributed by atoms with Gasteiger partial charge in [-0.05, 0) is 36.6 Å². The van der Waals surface area contributed by atoms with Gasteiger partial charge < -0.3 is 5.32 Å². The van der Waals surface area contributed by atoms with Crippen molar-refractivity contribution in [1.82, 2.24) is 5.32 Å². The second-order valence-corrected chi connectivity index (χ2v) is 6.33. The molecule has 0 heterocycles. The smallest absolute Gasteiger partial charge is 0.251 e. The predicted molar refractivity (Wildman–Crippen MR) is 88.9 cm³/mol. The molecular weight excluding hydrogens is 382 g/mol. The summed E-state index contributed by atoms with van der Waals surface area (Å²) in [6.45, 7) is 0.678. The van der Waals surface area contributed by atoms with Crippen molar-refractivity contribution < 1.29 is 4.79 Å². The standard InChI is InChI=1S/C16H15Br2NO/c17-14-9-13(10-15(18)11-14)16(20)19-8-4-7-12-5-2-1-3-6-12/h1-3,5-6,9-11H,4,7-8H2,(H,19,20). The highest BCUT2D eigenvalue weighted by Crippen LogP contribution is 2.20. The maximum Gasteiger partial charge on any atom is 0.251 e. The van der Waals surface area contributed by atoms with Crippen molar-refractivity contribution in [2.75, 3.05) is 6.54 Å². The number of aryl methyl sites for hydroxylation is 1. The van der Waals surface area contributed by atoms with E-state index in [9.17, 15) is 4.79 Å². The van der Waals surface area contributed by atoms with Gasteiger partial charge >= 0.3 is 0 Å². The molecule has 0 aliphatic rings. The first kappa shape index (κ1) is 15.3. The van der Waals surface area contributed by atoms with Crippen molar-refractivity contribution in [3.63, 3.8) is 0 Å². The highest BCUT2D eigenvalue weighted by molar-refractivity contribution is 9.11. The van der Waals surface area contributed by atoms with Crippen LogP contribution in [0.5, 0.6) is 0 Å². The second-order valence-electron chi connectivity index (χ2n) is 4.50. The van der Waals surface area contributed by atoms with Crippen molar-refractivity contribution in [2.24, 2.45) is 0 Å². The van der Waals surface area contributed by atoms with Crippen molar-refractivity contribution in [3.8, 4) is 0 Å². The molecule has 4 heteroatoms. The number of carbonyl (C=O) groups excluding carboxylic acids is 1. The van der Waals surface area contributed by atoms with Gasteiger partial charge in [0.15, 0.2) is 0 Å². The third-order valence-corrected chi connectivity index (χ3v) is 3.81. The Kier molecular flexibility index (Phi) is 5.80. The van der Waals surface area contributed by atoms with Gasteiger partial charge in [-0.3, -0.25) is 4.79 Å². The molecule has 0 unspecified atom stereocenters. The van der Waals surface area contributed by atoms with E-state index in [2.05, 4.69) is 49.3 Å². The lowest BCUT2D eigenvalue weighted by atomic mass is 10.1. The van der Waals surface area contributed by atoms with Gasteiger partial charge in [0, 0.05) is 21.1 Å². The van der Waals surface area contributed by atoms with Crippen LogP contribution >= 0.6 is 31.9 Å². The number of hydrogen-bond acceptors (Lipinski definition) is 1. The molecule has 2 aromatic rings. The van der Waals surface area contributed by atoms with Crippen LogP contribution < -0.4 is 5.32 Å².